The first-order chi connectivity index (χ1) is 8.58. The number of nitrogens with zero attached hydrogens (tertiary/aromatic N) is 1. The number of aromatic nitrogens is 3. The monoisotopic (exact) mass is 239 g/mol. The summed E-state index contributed by atoms with van der Waals surface area (Å²) in [5.41, 5.74) is 8.44. The van der Waals surface area contributed by atoms with E-state index in [4.69, 9.17) is 0 Å². The van der Waals surface area contributed by atoms with Crippen molar-refractivity contribution < 1.29 is 0 Å². The molecular weight excluding hydrogens is 222 g/mol. The molecule has 1 aromatic carbocycles. The number of benzene rings is 1. The summed E-state index contributed by atoms with van der Waals surface area (Å²) in [6.45, 7) is 8.40. The van der Waals surface area contributed by atoms with Crippen LogP contribution in [0.15, 0.2) is 18.3 Å². The average Bonchev–Trinajstić information content (AvgIpc) is 2.84. The van der Waals surface area contributed by atoms with Crippen molar-refractivity contribution in [1.29, 1.82) is 0 Å². The van der Waals surface area contributed by atoms with Crippen LogP contribution in [0.5, 0.6) is 0 Å². The van der Waals surface area contributed by atoms with Crippen LogP contribution in [-0.4, -0.2) is 15.2 Å². The highest BCUT2D eigenvalue weighted by molar-refractivity contribution is 5.97. The minimum atomic E-state index is 1.05. The molecule has 3 rings (SSSR count). The van der Waals surface area contributed by atoms with Gasteiger partial charge >= 0.3 is 0 Å². The minimum absolute atomic E-state index is 1.05. The second-order valence-corrected chi connectivity index (χ2v) is 4.99. The fourth-order valence-corrected chi connectivity index (χ4v) is 2.54. The van der Waals surface area contributed by atoms with E-state index in [0.717, 1.165) is 11.4 Å². The van der Waals surface area contributed by atoms with Crippen LogP contribution in [0.25, 0.3) is 22.0 Å². The van der Waals surface area contributed by atoms with Gasteiger partial charge in [-0.15, -0.1) is 0 Å². The Morgan fingerprint density at radius 3 is 2.39 bits per heavy atom. The molecule has 92 valence electrons. The molecular formula is C15H17N3. The molecule has 0 saturated carbocycles. The zero-order valence-electron chi connectivity index (χ0n) is 11.2. The number of hydrogen-bond acceptors (Lipinski definition) is 1. The van der Waals surface area contributed by atoms with Crippen molar-refractivity contribution in [3.63, 3.8) is 0 Å². The number of H-pyrrole nitrogens is 2. The standard InChI is InChI=1S/C15H17N3/c1-8-5-12-13(7-16-14(12)6-9(8)2)15-10(3)17-18-11(15)4/h5-7,16H,1-4H3,(H,17,18). The topological polar surface area (TPSA) is 44.5 Å². The van der Waals surface area contributed by atoms with Crippen LogP contribution in [0.2, 0.25) is 0 Å². The second kappa shape index (κ2) is 3.73. The molecule has 2 aromatic heterocycles. The van der Waals surface area contributed by atoms with Gasteiger partial charge in [-0.3, -0.25) is 5.10 Å². The second-order valence-electron chi connectivity index (χ2n) is 4.99. The smallest absolute Gasteiger partial charge is 0.0673 e. The summed E-state index contributed by atoms with van der Waals surface area (Å²) in [4.78, 5) is 3.36. The summed E-state index contributed by atoms with van der Waals surface area (Å²) in [6.07, 6.45) is 2.08. The molecule has 0 spiro atoms. The van der Waals surface area contributed by atoms with Crippen LogP contribution in [0, 0.1) is 27.7 Å². The van der Waals surface area contributed by atoms with Crippen molar-refractivity contribution in [3.8, 4) is 11.1 Å². The lowest BCUT2D eigenvalue weighted by Crippen LogP contribution is -1.83. The van der Waals surface area contributed by atoms with E-state index < -0.39 is 0 Å². The van der Waals surface area contributed by atoms with Gasteiger partial charge in [-0.05, 0) is 51.0 Å². The lowest BCUT2D eigenvalue weighted by Gasteiger charge is -2.03. The highest BCUT2D eigenvalue weighted by Gasteiger charge is 2.14. The summed E-state index contributed by atoms with van der Waals surface area (Å²) in [5, 5.41) is 8.60. The molecule has 18 heavy (non-hydrogen) atoms. The van der Waals surface area contributed by atoms with Crippen molar-refractivity contribution in [2.45, 2.75) is 27.7 Å². The number of nitrogens with one attached hydrogen (secondary N) is 2. The summed E-state index contributed by atoms with van der Waals surface area (Å²) in [7, 11) is 0. The molecule has 0 amide bonds. The summed E-state index contributed by atoms with van der Waals surface area (Å²) in [5.74, 6) is 0. The Bertz CT molecular complexity index is 712. The van der Waals surface area contributed by atoms with E-state index in [9.17, 15) is 0 Å². The largest absolute Gasteiger partial charge is 0.361 e. The number of rotatable bonds is 1. The molecule has 0 bridgehead atoms. The average molecular weight is 239 g/mol. The summed E-state index contributed by atoms with van der Waals surface area (Å²) < 4.78 is 0. The van der Waals surface area contributed by atoms with E-state index in [1.165, 1.54) is 33.2 Å². The maximum absolute atomic E-state index is 4.28. The fourth-order valence-electron chi connectivity index (χ4n) is 2.54. The van der Waals surface area contributed by atoms with Gasteiger partial charge in [-0.1, -0.05) is 0 Å². The van der Waals surface area contributed by atoms with Gasteiger partial charge in [0, 0.05) is 33.9 Å². The Hall–Kier alpha value is -2.03. The van der Waals surface area contributed by atoms with Gasteiger partial charge in [0.25, 0.3) is 0 Å². The summed E-state index contributed by atoms with van der Waals surface area (Å²) in [6, 6.07) is 4.46. The Morgan fingerprint density at radius 2 is 1.72 bits per heavy atom. The zero-order chi connectivity index (χ0) is 12.9. The van der Waals surface area contributed by atoms with Gasteiger partial charge in [0.1, 0.15) is 0 Å². The van der Waals surface area contributed by atoms with E-state index in [1.807, 2.05) is 6.92 Å². The Morgan fingerprint density at radius 1 is 1.00 bits per heavy atom. The van der Waals surface area contributed by atoms with Gasteiger partial charge in [0.05, 0.1) is 5.69 Å². The van der Waals surface area contributed by atoms with E-state index >= 15 is 0 Å². The molecule has 0 aliphatic rings. The van der Waals surface area contributed by atoms with Crippen LogP contribution in [0.3, 0.4) is 0 Å². The predicted octanol–water partition coefficient (Wildman–Crippen LogP) is 3.79. The Kier molecular flexibility index (Phi) is 2.30. The van der Waals surface area contributed by atoms with Crippen molar-refractivity contribution in [3.05, 3.63) is 40.8 Å². The van der Waals surface area contributed by atoms with E-state index in [2.05, 4.69) is 54.3 Å². The van der Waals surface area contributed by atoms with Crippen LogP contribution in [0.1, 0.15) is 22.5 Å². The lowest BCUT2D eigenvalue weighted by atomic mass is 10.00. The minimum Gasteiger partial charge on any atom is -0.361 e. The van der Waals surface area contributed by atoms with Gasteiger partial charge in [0.2, 0.25) is 0 Å². The fraction of sp³-hybridized carbons (Fsp3) is 0.267. The number of hydrogen-bond donors (Lipinski definition) is 2. The first-order valence-corrected chi connectivity index (χ1v) is 6.18. The zero-order valence-corrected chi connectivity index (χ0v) is 11.2. The maximum Gasteiger partial charge on any atom is 0.0673 e. The number of aryl methyl sites for hydroxylation is 4. The van der Waals surface area contributed by atoms with Gasteiger partial charge in [-0.2, -0.15) is 5.10 Å². The lowest BCUT2D eigenvalue weighted by molar-refractivity contribution is 1.02. The molecule has 0 unspecified atom stereocenters. The molecule has 2 N–H and O–H groups in total. The van der Waals surface area contributed by atoms with E-state index in [1.54, 1.807) is 0 Å². The van der Waals surface area contributed by atoms with Crippen LogP contribution in [0.4, 0.5) is 0 Å². The van der Waals surface area contributed by atoms with E-state index in [0.29, 0.717) is 0 Å². The van der Waals surface area contributed by atoms with Crippen molar-refractivity contribution in [2.75, 3.05) is 0 Å². The van der Waals surface area contributed by atoms with Crippen LogP contribution < -0.4 is 0 Å². The summed E-state index contributed by atoms with van der Waals surface area (Å²) >= 11 is 0. The molecule has 0 saturated heterocycles. The highest BCUT2D eigenvalue weighted by atomic mass is 15.1. The molecule has 0 radical (unpaired) electrons. The Labute approximate surface area is 106 Å². The van der Waals surface area contributed by atoms with E-state index in [-0.39, 0.29) is 0 Å². The molecule has 0 fully saturated rings. The number of aromatic amines is 2. The quantitative estimate of drug-likeness (QED) is 0.666. The molecule has 3 aromatic rings. The third kappa shape index (κ3) is 1.47. The molecule has 3 heteroatoms. The number of fused-ring (bicyclic) bond motifs is 1. The van der Waals surface area contributed by atoms with Gasteiger partial charge in [0.15, 0.2) is 0 Å². The normalized spacial score (nSPS) is 11.3. The molecule has 3 nitrogen and oxygen atoms in total. The molecule has 0 atom stereocenters. The van der Waals surface area contributed by atoms with Crippen molar-refractivity contribution >= 4 is 10.9 Å². The third-order valence-corrected chi connectivity index (χ3v) is 3.69. The van der Waals surface area contributed by atoms with Crippen molar-refractivity contribution in [1.82, 2.24) is 15.2 Å². The molecule has 2 heterocycles. The first kappa shape index (κ1) is 11.1. The highest BCUT2D eigenvalue weighted by Crippen LogP contribution is 2.33. The molecule has 0 aliphatic heterocycles. The Balaban J connectivity index is 2.34. The first-order valence-electron chi connectivity index (χ1n) is 6.18. The van der Waals surface area contributed by atoms with Crippen LogP contribution >= 0.6 is 0 Å². The molecule has 0 aliphatic carbocycles. The third-order valence-electron chi connectivity index (χ3n) is 3.69. The maximum atomic E-state index is 4.28. The van der Waals surface area contributed by atoms with Gasteiger partial charge in [-0.25, -0.2) is 0 Å². The SMILES string of the molecule is Cc1cc2[nH]cc(-c3c(C)n[nH]c3C)c2cc1C. The van der Waals surface area contributed by atoms with Crippen LogP contribution in [-0.2, 0) is 0 Å². The predicted molar refractivity (Wildman–Crippen MR) is 74.8 cm³/mol. The van der Waals surface area contributed by atoms with Gasteiger partial charge < -0.3 is 4.98 Å². The van der Waals surface area contributed by atoms with Crippen molar-refractivity contribution in [2.24, 2.45) is 0 Å².